The van der Waals surface area contributed by atoms with Gasteiger partial charge in [0, 0.05) is 12.4 Å². The van der Waals surface area contributed by atoms with E-state index in [4.69, 9.17) is 5.26 Å². The number of aromatic nitrogens is 2. The number of nitriles is 1. The summed E-state index contributed by atoms with van der Waals surface area (Å²) < 4.78 is 1.80. The van der Waals surface area contributed by atoms with E-state index < -0.39 is 0 Å². The first-order valence-electron chi connectivity index (χ1n) is 4.35. The molecule has 0 saturated heterocycles. The Labute approximate surface area is 82.2 Å². The smallest absolute Gasteiger partial charge is 0.0995 e. The molecule has 1 aromatic carbocycles. The number of benzene rings is 1. The Hall–Kier alpha value is -2.08. The molecule has 0 N–H and O–H groups in total. The molecule has 0 fully saturated rings. The van der Waals surface area contributed by atoms with Gasteiger partial charge in [-0.05, 0) is 17.7 Å². The van der Waals surface area contributed by atoms with Crippen LogP contribution in [-0.4, -0.2) is 9.78 Å². The average Bonchev–Trinajstić information content (AvgIpc) is 2.71. The maximum atomic E-state index is 8.87. The highest BCUT2D eigenvalue weighted by molar-refractivity contribution is 5.37. The van der Waals surface area contributed by atoms with Crippen LogP contribution in [0.2, 0.25) is 0 Å². The lowest BCUT2D eigenvalue weighted by Crippen LogP contribution is -2.01. The number of hydrogen-bond acceptors (Lipinski definition) is 2. The second-order valence-electron chi connectivity index (χ2n) is 2.97. The van der Waals surface area contributed by atoms with E-state index in [0.29, 0.717) is 12.1 Å². The Balaban J connectivity index is 2.30. The van der Waals surface area contributed by atoms with Gasteiger partial charge in [-0.3, -0.25) is 4.68 Å². The molecule has 0 aliphatic carbocycles. The van der Waals surface area contributed by atoms with Crippen molar-refractivity contribution in [1.29, 1.82) is 5.26 Å². The molecule has 0 spiro atoms. The van der Waals surface area contributed by atoms with Crippen LogP contribution in [0.5, 0.6) is 0 Å². The molecule has 0 amide bonds. The Morgan fingerprint density at radius 2 is 2.14 bits per heavy atom. The first kappa shape index (κ1) is 8.52. The molecule has 0 atom stereocenters. The average molecular weight is 183 g/mol. The second kappa shape index (κ2) is 3.75. The van der Waals surface area contributed by atoms with Crippen LogP contribution in [-0.2, 0) is 6.54 Å². The summed E-state index contributed by atoms with van der Waals surface area (Å²) in [5.41, 5.74) is 1.71. The molecule has 14 heavy (non-hydrogen) atoms. The van der Waals surface area contributed by atoms with Gasteiger partial charge in [0.15, 0.2) is 0 Å². The molecule has 0 saturated carbocycles. The maximum Gasteiger partial charge on any atom is 0.0995 e. The molecule has 1 heterocycles. The van der Waals surface area contributed by atoms with Gasteiger partial charge in [0.25, 0.3) is 0 Å². The fraction of sp³-hybridized carbons (Fsp3) is 0.0909. The lowest BCUT2D eigenvalue weighted by Gasteiger charge is -2.03. The molecule has 0 bridgehead atoms. The van der Waals surface area contributed by atoms with E-state index in [2.05, 4.69) is 11.2 Å². The van der Waals surface area contributed by atoms with Gasteiger partial charge in [0.1, 0.15) is 0 Å². The standard InChI is InChI=1S/C11H9N3/c12-8-10-4-1-2-5-11(10)9-14-7-3-6-13-14/h1-7H,9H2. The largest absolute Gasteiger partial charge is 0.268 e. The molecule has 0 radical (unpaired) electrons. The second-order valence-corrected chi connectivity index (χ2v) is 2.97. The third-order valence-corrected chi connectivity index (χ3v) is 2.03. The van der Waals surface area contributed by atoms with Gasteiger partial charge in [-0.15, -0.1) is 0 Å². The van der Waals surface area contributed by atoms with Gasteiger partial charge in [-0.1, -0.05) is 18.2 Å². The molecule has 1 aromatic heterocycles. The van der Waals surface area contributed by atoms with Gasteiger partial charge >= 0.3 is 0 Å². The molecule has 3 heteroatoms. The lowest BCUT2D eigenvalue weighted by molar-refractivity contribution is 0.686. The van der Waals surface area contributed by atoms with Crippen molar-refractivity contribution in [3.05, 3.63) is 53.9 Å². The van der Waals surface area contributed by atoms with Crippen molar-refractivity contribution < 1.29 is 0 Å². The fourth-order valence-corrected chi connectivity index (χ4v) is 1.34. The van der Waals surface area contributed by atoms with E-state index in [9.17, 15) is 0 Å². The Bertz CT molecular complexity index is 452. The van der Waals surface area contributed by atoms with Crippen molar-refractivity contribution >= 4 is 0 Å². The summed E-state index contributed by atoms with van der Waals surface area (Å²) in [6.45, 7) is 0.650. The highest BCUT2D eigenvalue weighted by atomic mass is 15.3. The van der Waals surface area contributed by atoms with Crippen molar-refractivity contribution in [2.45, 2.75) is 6.54 Å². The minimum absolute atomic E-state index is 0.650. The van der Waals surface area contributed by atoms with Crippen molar-refractivity contribution in [3.8, 4) is 6.07 Å². The summed E-state index contributed by atoms with van der Waals surface area (Å²) in [7, 11) is 0. The summed E-state index contributed by atoms with van der Waals surface area (Å²) in [5.74, 6) is 0. The van der Waals surface area contributed by atoms with E-state index >= 15 is 0 Å². The van der Waals surface area contributed by atoms with E-state index in [0.717, 1.165) is 5.56 Å². The summed E-state index contributed by atoms with van der Waals surface area (Å²) in [5, 5.41) is 13.0. The van der Waals surface area contributed by atoms with E-state index in [1.807, 2.05) is 36.5 Å². The zero-order valence-corrected chi connectivity index (χ0v) is 7.59. The summed E-state index contributed by atoms with van der Waals surface area (Å²) in [6, 6.07) is 11.6. The Morgan fingerprint density at radius 3 is 2.86 bits per heavy atom. The van der Waals surface area contributed by atoms with Crippen LogP contribution in [0.4, 0.5) is 0 Å². The minimum atomic E-state index is 0.650. The van der Waals surface area contributed by atoms with Gasteiger partial charge in [-0.25, -0.2) is 0 Å². The topological polar surface area (TPSA) is 41.6 Å². The maximum absolute atomic E-state index is 8.87. The van der Waals surface area contributed by atoms with Gasteiger partial charge in [-0.2, -0.15) is 10.4 Å². The van der Waals surface area contributed by atoms with Crippen molar-refractivity contribution in [1.82, 2.24) is 9.78 Å². The highest BCUT2D eigenvalue weighted by Gasteiger charge is 2.00. The molecule has 0 aliphatic rings. The van der Waals surface area contributed by atoms with Crippen LogP contribution >= 0.6 is 0 Å². The molecule has 2 aromatic rings. The van der Waals surface area contributed by atoms with Crippen LogP contribution in [0.3, 0.4) is 0 Å². The molecule has 0 unspecified atom stereocenters. The normalized spacial score (nSPS) is 9.64. The van der Waals surface area contributed by atoms with Crippen LogP contribution in [0, 0.1) is 11.3 Å². The fourth-order valence-electron chi connectivity index (χ4n) is 1.34. The van der Waals surface area contributed by atoms with Crippen LogP contribution < -0.4 is 0 Å². The molecule has 3 nitrogen and oxygen atoms in total. The predicted molar refractivity (Wildman–Crippen MR) is 52.5 cm³/mol. The van der Waals surface area contributed by atoms with Gasteiger partial charge in [0.2, 0.25) is 0 Å². The number of hydrogen-bond donors (Lipinski definition) is 0. The van der Waals surface area contributed by atoms with E-state index in [1.54, 1.807) is 10.9 Å². The van der Waals surface area contributed by atoms with E-state index in [1.165, 1.54) is 0 Å². The van der Waals surface area contributed by atoms with Crippen molar-refractivity contribution in [2.24, 2.45) is 0 Å². The number of rotatable bonds is 2. The molecule has 0 aliphatic heterocycles. The summed E-state index contributed by atoms with van der Waals surface area (Å²) in [4.78, 5) is 0. The Morgan fingerprint density at radius 1 is 1.29 bits per heavy atom. The highest BCUT2D eigenvalue weighted by Crippen LogP contribution is 2.08. The van der Waals surface area contributed by atoms with Crippen LogP contribution in [0.15, 0.2) is 42.7 Å². The first-order valence-corrected chi connectivity index (χ1v) is 4.35. The summed E-state index contributed by atoms with van der Waals surface area (Å²) in [6.07, 6.45) is 3.61. The predicted octanol–water partition coefficient (Wildman–Crippen LogP) is 1.80. The summed E-state index contributed by atoms with van der Waals surface area (Å²) >= 11 is 0. The number of nitrogens with zero attached hydrogens (tertiary/aromatic N) is 3. The van der Waals surface area contributed by atoms with Crippen LogP contribution in [0.25, 0.3) is 0 Å². The lowest BCUT2D eigenvalue weighted by atomic mass is 10.1. The van der Waals surface area contributed by atoms with Crippen molar-refractivity contribution in [2.75, 3.05) is 0 Å². The van der Waals surface area contributed by atoms with Crippen LogP contribution in [0.1, 0.15) is 11.1 Å². The monoisotopic (exact) mass is 183 g/mol. The molecular formula is C11H9N3. The SMILES string of the molecule is N#Cc1ccccc1Cn1cccn1. The Kier molecular flexibility index (Phi) is 2.28. The third kappa shape index (κ3) is 1.64. The van der Waals surface area contributed by atoms with Gasteiger partial charge in [0.05, 0.1) is 18.2 Å². The third-order valence-electron chi connectivity index (χ3n) is 2.03. The zero-order chi connectivity index (χ0) is 9.80. The quantitative estimate of drug-likeness (QED) is 0.712. The zero-order valence-electron chi connectivity index (χ0n) is 7.59. The van der Waals surface area contributed by atoms with Gasteiger partial charge < -0.3 is 0 Å². The molecule has 2 rings (SSSR count). The van der Waals surface area contributed by atoms with Crippen molar-refractivity contribution in [3.63, 3.8) is 0 Å². The van der Waals surface area contributed by atoms with E-state index in [-0.39, 0.29) is 0 Å². The minimum Gasteiger partial charge on any atom is -0.268 e. The first-order chi connectivity index (χ1) is 6.90. The molecular weight excluding hydrogens is 174 g/mol. The molecule has 68 valence electrons.